The Morgan fingerprint density at radius 1 is 1.47 bits per heavy atom. The number of aryl methyl sites for hydroxylation is 1. The third kappa shape index (κ3) is 2.79. The van der Waals surface area contributed by atoms with Crippen LogP contribution < -0.4 is 10.9 Å². The van der Waals surface area contributed by atoms with Gasteiger partial charge in [0, 0.05) is 18.0 Å². The lowest BCUT2D eigenvalue weighted by atomic mass is 10.3. The second-order valence-corrected chi connectivity index (χ2v) is 4.47. The van der Waals surface area contributed by atoms with Crippen LogP contribution in [0.5, 0.6) is 0 Å². The fourth-order valence-electron chi connectivity index (χ4n) is 1.29. The van der Waals surface area contributed by atoms with Crippen molar-refractivity contribution in [1.82, 2.24) is 15.1 Å². The minimum Gasteiger partial charge on any atom is -0.346 e. The molecular formula is C11H11N3O2S. The zero-order valence-electron chi connectivity index (χ0n) is 9.21. The van der Waals surface area contributed by atoms with Crippen molar-refractivity contribution in [2.75, 3.05) is 0 Å². The zero-order valence-corrected chi connectivity index (χ0v) is 10.0. The molecular weight excluding hydrogens is 238 g/mol. The van der Waals surface area contributed by atoms with Gasteiger partial charge in [0.2, 0.25) is 0 Å². The molecule has 0 atom stereocenters. The van der Waals surface area contributed by atoms with Crippen molar-refractivity contribution in [3.63, 3.8) is 0 Å². The molecule has 1 N–H and O–H groups in total. The van der Waals surface area contributed by atoms with E-state index in [9.17, 15) is 9.59 Å². The van der Waals surface area contributed by atoms with Crippen LogP contribution in [0.2, 0.25) is 0 Å². The summed E-state index contributed by atoms with van der Waals surface area (Å²) in [7, 11) is 1.51. The number of hydrogen-bond acceptors (Lipinski definition) is 4. The van der Waals surface area contributed by atoms with Gasteiger partial charge in [0.1, 0.15) is 5.69 Å². The molecule has 0 aliphatic carbocycles. The average Bonchev–Trinajstić information content (AvgIpc) is 2.82. The smallest absolute Gasteiger partial charge is 0.272 e. The quantitative estimate of drug-likeness (QED) is 0.874. The number of carbonyl (C=O) groups is 1. The Hall–Kier alpha value is -1.95. The molecule has 2 heterocycles. The minimum atomic E-state index is -0.283. The zero-order chi connectivity index (χ0) is 12.3. The normalized spacial score (nSPS) is 10.2. The van der Waals surface area contributed by atoms with Crippen LogP contribution >= 0.6 is 11.3 Å². The molecule has 2 aromatic heterocycles. The van der Waals surface area contributed by atoms with Gasteiger partial charge >= 0.3 is 0 Å². The van der Waals surface area contributed by atoms with E-state index in [1.165, 1.54) is 19.2 Å². The Labute approximate surface area is 102 Å². The third-order valence-corrected chi connectivity index (χ3v) is 3.07. The molecule has 0 aliphatic rings. The molecule has 88 valence electrons. The molecule has 2 aromatic rings. The van der Waals surface area contributed by atoms with Crippen molar-refractivity contribution in [2.45, 2.75) is 6.54 Å². The number of rotatable bonds is 3. The fourth-order valence-corrected chi connectivity index (χ4v) is 1.94. The van der Waals surface area contributed by atoms with Gasteiger partial charge in [-0.1, -0.05) is 6.07 Å². The van der Waals surface area contributed by atoms with E-state index < -0.39 is 0 Å². The number of aromatic nitrogens is 2. The highest BCUT2D eigenvalue weighted by Crippen LogP contribution is 2.07. The Balaban J connectivity index is 2.04. The van der Waals surface area contributed by atoms with Crippen molar-refractivity contribution in [3.05, 3.63) is 50.6 Å². The van der Waals surface area contributed by atoms with Crippen LogP contribution in [0.3, 0.4) is 0 Å². The van der Waals surface area contributed by atoms with Gasteiger partial charge in [0.05, 0.1) is 6.54 Å². The maximum absolute atomic E-state index is 11.7. The Bertz CT molecular complexity index is 575. The largest absolute Gasteiger partial charge is 0.346 e. The summed E-state index contributed by atoms with van der Waals surface area (Å²) in [5.41, 5.74) is 0.00321. The molecule has 17 heavy (non-hydrogen) atoms. The van der Waals surface area contributed by atoms with Gasteiger partial charge in [0.25, 0.3) is 11.5 Å². The van der Waals surface area contributed by atoms with Crippen LogP contribution in [0.15, 0.2) is 34.4 Å². The molecule has 5 nitrogen and oxygen atoms in total. The topological polar surface area (TPSA) is 64.0 Å². The number of nitrogens with zero attached hydrogens (tertiary/aromatic N) is 2. The average molecular weight is 249 g/mol. The first-order valence-electron chi connectivity index (χ1n) is 5.02. The summed E-state index contributed by atoms with van der Waals surface area (Å²) < 4.78 is 1.14. The first-order valence-corrected chi connectivity index (χ1v) is 5.90. The molecule has 0 radical (unpaired) electrons. The van der Waals surface area contributed by atoms with Crippen molar-refractivity contribution in [2.24, 2.45) is 7.05 Å². The van der Waals surface area contributed by atoms with Gasteiger partial charge in [-0.3, -0.25) is 9.59 Å². The first-order chi connectivity index (χ1) is 8.16. The molecule has 0 fully saturated rings. The van der Waals surface area contributed by atoms with Gasteiger partial charge in [-0.15, -0.1) is 11.3 Å². The number of hydrogen-bond donors (Lipinski definition) is 1. The second-order valence-electron chi connectivity index (χ2n) is 3.44. The standard InChI is InChI=1S/C11H11N3O2S/c1-14-10(15)5-4-9(13-14)11(16)12-7-8-3-2-6-17-8/h2-6H,7H2,1H3,(H,12,16). The molecule has 0 saturated carbocycles. The predicted molar refractivity (Wildman–Crippen MR) is 65.0 cm³/mol. The van der Waals surface area contributed by atoms with Crippen LogP contribution in [0.1, 0.15) is 15.4 Å². The van der Waals surface area contributed by atoms with Crippen LogP contribution in [0.25, 0.3) is 0 Å². The number of amides is 1. The Morgan fingerprint density at radius 3 is 2.94 bits per heavy atom. The van der Waals surface area contributed by atoms with E-state index in [1.807, 2.05) is 17.5 Å². The van der Waals surface area contributed by atoms with Gasteiger partial charge < -0.3 is 5.32 Å². The lowest BCUT2D eigenvalue weighted by Gasteiger charge is -2.03. The molecule has 0 bridgehead atoms. The van der Waals surface area contributed by atoms with Crippen LogP contribution in [-0.4, -0.2) is 15.7 Å². The van der Waals surface area contributed by atoms with Gasteiger partial charge in [-0.2, -0.15) is 5.10 Å². The van der Waals surface area contributed by atoms with Gasteiger partial charge in [0.15, 0.2) is 0 Å². The van der Waals surface area contributed by atoms with E-state index in [1.54, 1.807) is 11.3 Å². The molecule has 0 aromatic carbocycles. The number of nitrogens with one attached hydrogen (secondary N) is 1. The predicted octanol–water partition coefficient (Wildman–Crippen LogP) is 0.772. The highest BCUT2D eigenvalue weighted by atomic mass is 32.1. The molecule has 0 unspecified atom stereocenters. The van der Waals surface area contributed by atoms with E-state index in [0.717, 1.165) is 9.56 Å². The summed E-state index contributed by atoms with van der Waals surface area (Å²) in [5.74, 6) is -0.283. The lowest BCUT2D eigenvalue weighted by Crippen LogP contribution is -2.27. The molecule has 0 aliphatic heterocycles. The van der Waals surface area contributed by atoms with Crippen molar-refractivity contribution in [1.29, 1.82) is 0 Å². The van der Waals surface area contributed by atoms with Crippen LogP contribution in [0.4, 0.5) is 0 Å². The van der Waals surface area contributed by atoms with Gasteiger partial charge in [-0.25, -0.2) is 4.68 Å². The fraction of sp³-hybridized carbons (Fsp3) is 0.182. The highest BCUT2D eigenvalue weighted by Gasteiger charge is 2.08. The van der Waals surface area contributed by atoms with Crippen molar-refractivity contribution >= 4 is 17.2 Å². The summed E-state index contributed by atoms with van der Waals surface area (Å²) >= 11 is 1.58. The van der Waals surface area contributed by atoms with E-state index in [-0.39, 0.29) is 17.2 Å². The van der Waals surface area contributed by atoms with E-state index >= 15 is 0 Å². The SMILES string of the molecule is Cn1nc(C(=O)NCc2cccs2)ccc1=O. The van der Waals surface area contributed by atoms with E-state index in [0.29, 0.717) is 6.54 Å². The summed E-state index contributed by atoms with van der Waals surface area (Å²) in [6.07, 6.45) is 0. The molecule has 2 rings (SSSR count). The van der Waals surface area contributed by atoms with E-state index in [2.05, 4.69) is 10.4 Å². The summed E-state index contributed by atoms with van der Waals surface area (Å²) in [4.78, 5) is 23.9. The maximum Gasteiger partial charge on any atom is 0.272 e. The minimum absolute atomic E-state index is 0.236. The van der Waals surface area contributed by atoms with Crippen molar-refractivity contribution in [3.8, 4) is 0 Å². The summed E-state index contributed by atoms with van der Waals surface area (Å²) in [6.45, 7) is 0.473. The second kappa shape index (κ2) is 4.92. The summed E-state index contributed by atoms with van der Waals surface area (Å²) in [6, 6.07) is 6.62. The Kier molecular flexibility index (Phi) is 3.34. The first kappa shape index (κ1) is 11.5. The van der Waals surface area contributed by atoms with Crippen molar-refractivity contribution < 1.29 is 4.79 Å². The lowest BCUT2D eigenvalue weighted by molar-refractivity contribution is 0.0944. The molecule has 6 heteroatoms. The third-order valence-electron chi connectivity index (χ3n) is 2.20. The van der Waals surface area contributed by atoms with Gasteiger partial charge in [-0.05, 0) is 17.5 Å². The van der Waals surface area contributed by atoms with E-state index in [4.69, 9.17) is 0 Å². The summed E-state index contributed by atoms with van der Waals surface area (Å²) in [5, 5.41) is 8.56. The molecule has 0 spiro atoms. The van der Waals surface area contributed by atoms with Crippen LogP contribution in [-0.2, 0) is 13.6 Å². The van der Waals surface area contributed by atoms with Crippen LogP contribution in [0, 0.1) is 0 Å². The monoisotopic (exact) mass is 249 g/mol. The maximum atomic E-state index is 11.7. The number of thiophene rings is 1. The number of carbonyl (C=O) groups excluding carboxylic acids is 1. The Morgan fingerprint density at radius 2 is 2.29 bits per heavy atom. The molecule has 1 amide bonds. The molecule has 0 saturated heterocycles. The highest BCUT2D eigenvalue weighted by molar-refractivity contribution is 7.09.